The molecule has 7 heteroatoms. The summed E-state index contributed by atoms with van der Waals surface area (Å²) in [5.74, 6) is 1.17. The summed E-state index contributed by atoms with van der Waals surface area (Å²) in [4.78, 5) is 28.8. The molecule has 1 saturated heterocycles. The van der Waals surface area contributed by atoms with E-state index in [0.717, 1.165) is 35.1 Å². The van der Waals surface area contributed by atoms with Crippen molar-refractivity contribution >= 4 is 23.4 Å². The van der Waals surface area contributed by atoms with E-state index in [-0.39, 0.29) is 11.8 Å². The zero-order chi connectivity index (χ0) is 28.6. The van der Waals surface area contributed by atoms with E-state index in [1.807, 2.05) is 54.6 Å². The molecule has 4 aromatic carbocycles. The van der Waals surface area contributed by atoms with E-state index in [0.29, 0.717) is 42.5 Å². The summed E-state index contributed by atoms with van der Waals surface area (Å²) in [6.45, 7) is 0.933. The fourth-order valence-electron chi connectivity index (χ4n) is 5.12. The lowest BCUT2D eigenvalue weighted by Gasteiger charge is -2.39. The third-order valence-corrected chi connectivity index (χ3v) is 7.59. The first kappa shape index (κ1) is 28.4. The maximum absolute atomic E-state index is 13.8. The molecule has 5 rings (SSSR count). The van der Waals surface area contributed by atoms with Crippen molar-refractivity contribution in [3.63, 3.8) is 0 Å². The number of nitrogens with two attached hydrogens (primary N) is 1. The number of carbonyl (C=O) groups is 2. The second-order valence-electron chi connectivity index (χ2n) is 10.3. The van der Waals surface area contributed by atoms with Crippen molar-refractivity contribution in [2.24, 2.45) is 5.73 Å². The van der Waals surface area contributed by atoms with Crippen LogP contribution in [0.2, 0.25) is 5.02 Å². The van der Waals surface area contributed by atoms with Gasteiger partial charge in [-0.1, -0.05) is 78.3 Å². The van der Waals surface area contributed by atoms with Crippen LogP contribution in [0.15, 0.2) is 103 Å². The number of ether oxygens (including phenoxy) is 1. The van der Waals surface area contributed by atoms with Crippen LogP contribution in [0.25, 0.3) is 11.1 Å². The summed E-state index contributed by atoms with van der Waals surface area (Å²) in [5.41, 5.74) is 9.86. The van der Waals surface area contributed by atoms with Crippen molar-refractivity contribution in [1.29, 1.82) is 0 Å². The van der Waals surface area contributed by atoms with Crippen LogP contribution in [0.3, 0.4) is 0 Å². The molecule has 4 aromatic rings. The van der Waals surface area contributed by atoms with Gasteiger partial charge in [0.15, 0.2) is 0 Å². The van der Waals surface area contributed by atoms with Gasteiger partial charge < -0.3 is 20.7 Å². The van der Waals surface area contributed by atoms with Gasteiger partial charge in [-0.2, -0.15) is 0 Å². The van der Waals surface area contributed by atoms with E-state index in [1.165, 1.54) is 0 Å². The highest BCUT2D eigenvalue weighted by molar-refractivity contribution is 6.30. The van der Waals surface area contributed by atoms with Crippen molar-refractivity contribution in [3.05, 3.63) is 119 Å². The van der Waals surface area contributed by atoms with Gasteiger partial charge in [-0.05, 0) is 84.5 Å². The Balaban J connectivity index is 1.29. The first-order chi connectivity index (χ1) is 20.0. The molecule has 0 saturated carbocycles. The Hall–Kier alpha value is -4.13. The Morgan fingerprint density at radius 3 is 2.02 bits per heavy atom. The van der Waals surface area contributed by atoms with Crippen LogP contribution >= 0.6 is 11.6 Å². The zero-order valence-electron chi connectivity index (χ0n) is 22.8. The van der Waals surface area contributed by atoms with Crippen molar-refractivity contribution < 1.29 is 14.3 Å². The smallest absolute Gasteiger partial charge is 0.246 e. The highest BCUT2D eigenvalue weighted by Crippen LogP contribution is 2.26. The van der Waals surface area contributed by atoms with E-state index in [4.69, 9.17) is 22.1 Å². The van der Waals surface area contributed by atoms with Gasteiger partial charge in [0.05, 0.1) is 0 Å². The number of amides is 2. The van der Waals surface area contributed by atoms with Crippen molar-refractivity contribution in [2.75, 3.05) is 6.54 Å². The second-order valence-corrected chi connectivity index (χ2v) is 10.7. The highest BCUT2D eigenvalue weighted by Gasteiger charge is 2.40. The summed E-state index contributed by atoms with van der Waals surface area (Å²) >= 11 is 5.95. The van der Waals surface area contributed by atoms with Crippen LogP contribution in [-0.2, 0) is 22.6 Å². The predicted molar refractivity (Wildman–Crippen MR) is 163 cm³/mol. The number of unbranched alkanes of at least 4 members (excludes halogenated alkanes) is 1. The Bertz CT molecular complexity index is 1440. The number of piperazine rings is 1. The largest absolute Gasteiger partial charge is 0.457 e. The molecule has 210 valence electrons. The molecule has 1 fully saturated rings. The van der Waals surface area contributed by atoms with Crippen LogP contribution in [0.4, 0.5) is 0 Å². The molecular formula is C34H34ClN3O3. The number of halogens is 1. The van der Waals surface area contributed by atoms with Crippen molar-refractivity contribution in [1.82, 2.24) is 10.2 Å². The van der Waals surface area contributed by atoms with Crippen LogP contribution in [0.5, 0.6) is 11.5 Å². The van der Waals surface area contributed by atoms with Crippen LogP contribution in [-0.4, -0.2) is 35.3 Å². The Morgan fingerprint density at radius 2 is 1.37 bits per heavy atom. The van der Waals surface area contributed by atoms with E-state index >= 15 is 0 Å². The minimum atomic E-state index is -0.639. The molecule has 3 N–H and O–H groups in total. The minimum absolute atomic E-state index is 0.0732. The van der Waals surface area contributed by atoms with E-state index in [1.54, 1.807) is 29.2 Å². The monoisotopic (exact) mass is 567 g/mol. The average molecular weight is 568 g/mol. The summed E-state index contributed by atoms with van der Waals surface area (Å²) in [6.07, 6.45) is 2.57. The Kier molecular flexibility index (Phi) is 9.34. The molecule has 1 heterocycles. The molecule has 0 aliphatic carbocycles. The van der Waals surface area contributed by atoms with Crippen molar-refractivity contribution in [3.8, 4) is 22.6 Å². The summed E-state index contributed by atoms with van der Waals surface area (Å²) in [7, 11) is 0. The molecule has 2 amide bonds. The topological polar surface area (TPSA) is 84.7 Å². The fraction of sp³-hybridized carbons (Fsp3) is 0.235. The van der Waals surface area contributed by atoms with Crippen LogP contribution in [0.1, 0.15) is 30.4 Å². The van der Waals surface area contributed by atoms with Crippen molar-refractivity contribution in [2.45, 2.75) is 44.3 Å². The number of nitrogens with zero attached hydrogens (tertiary/aromatic N) is 1. The van der Waals surface area contributed by atoms with Gasteiger partial charge in [0.25, 0.3) is 0 Å². The third-order valence-electron chi connectivity index (χ3n) is 7.33. The Morgan fingerprint density at radius 1 is 0.756 bits per heavy atom. The van der Waals surface area contributed by atoms with Crippen LogP contribution in [0, 0.1) is 0 Å². The van der Waals surface area contributed by atoms with Gasteiger partial charge in [-0.3, -0.25) is 9.59 Å². The first-order valence-electron chi connectivity index (χ1n) is 14.0. The number of nitrogens with one attached hydrogen (secondary N) is 1. The molecule has 41 heavy (non-hydrogen) atoms. The molecule has 0 bridgehead atoms. The van der Waals surface area contributed by atoms with E-state index < -0.39 is 12.1 Å². The summed E-state index contributed by atoms with van der Waals surface area (Å²) in [6, 6.07) is 31.9. The number of hydrogen-bond donors (Lipinski definition) is 2. The number of hydrogen-bond acceptors (Lipinski definition) is 4. The molecule has 0 spiro atoms. The van der Waals surface area contributed by atoms with Gasteiger partial charge in [0.2, 0.25) is 11.8 Å². The molecule has 1 aliphatic rings. The third kappa shape index (κ3) is 7.34. The second kappa shape index (κ2) is 13.5. The molecule has 1 aliphatic heterocycles. The first-order valence-corrected chi connectivity index (χ1v) is 14.4. The van der Waals surface area contributed by atoms with Gasteiger partial charge >= 0.3 is 0 Å². The molecule has 6 nitrogen and oxygen atoms in total. The van der Waals surface area contributed by atoms with E-state index in [9.17, 15) is 9.59 Å². The van der Waals surface area contributed by atoms with Gasteiger partial charge in [-0.25, -0.2) is 0 Å². The standard InChI is InChI=1S/C34H34ClN3O3/c35-28-15-19-30(20-16-28)41-29-17-11-24(12-18-29)22-31-34(40)38(32(33(39)37-31)8-4-5-21-36)23-25-9-13-27(14-10-25)26-6-2-1-3-7-26/h1-3,6-7,9-20,31-32H,4-5,8,21-23,36H2,(H,37,39). The lowest BCUT2D eigenvalue weighted by atomic mass is 9.96. The fourth-order valence-corrected chi connectivity index (χ4v) is 5.24. The van der Waals surface area contributed by atoms with Gasteiger partial charge in [-0.15, -0.1) is 0 Å². The highest BCUT2D eigenvalue weighted by atomic mass is 35.5. The molecule has 2 atom stereocenters. The Labute approximate surface area is 246 Å². The number of carbonyl (C=O) groups excluding carboxylic acids is 2. The number of rotatable bonds is 11. The molecule has 0 radical (unpaired) electrons. The maximum Gasteiger partial charge on any atom is 0.246 e. The zero-order valence-corrected chi connectivity index (χ0v) is 23.6. The maximum atomic E-state index is 13.8. The lowest BCUT2D eigenvalue weighted by molar-refractivity contribution is -0.150. The lowest BCUT2D eigenvalue weighted by Crippen LogP contribution is -2.63. The summed E-state index contributed by atoms with van der Waals surface area (Å²) in [5, 5.41) is 3.64. The van der Waals surface area contributed by atoms with E-state index in [2.05, 4.69) is 29.6 Å². The quantitative estimate of drug-likeness (QED) is 0.206. The molecule has 0 aromatic heterocycles. The van der Waals surface area contributed by atoms with Gasteiger partial charge in [0.1, 0.15) is 23.6 Å². The normalized spacial score (nSPS) is 16.9. The van der Waals surface area contributed by atoms with Gasteiger partial charge in [0, 0.05) is 18.0 Å². The van der Waals surface area contributed by atoms with Crippen LogP contribution < -0.4 is 15.8 Å². The minimum Gasteiger partial charge on any atom is -0.457 e. The summed E-state index contributed by atoms with van der Waals surface area (Å²) < 4.78 is 5.88. The predicted octanol–water partition coefficient (Wildman–Crippen LogP) is 6.37. The average Bonchev–Trinajstić information content (AvgIpc) is 3.00. The molecular weight excluding hydrogens is 534 g/mol. The number of benzene rings is 4. The SMILES string of the molecule is NCCCCC1C(=O)NC(Cc2ccc(Oc3ccc(Cl)cc3)cc2)C(=O)N1Cc1ccc(-c2ccccc2)cc1. The molecule has 2 unspecified atom stereocenters.